The lowest BCUT2D eigenvalue weighted by atomic mass is 10.0. The Hall–Kier alpha value is -4.59. The summed E-state index contributed by atoms with van der Waals surface area (Å²) in [6.45, 7) is 9.49. The van der Waals surface area contributed by atoms with Crippen molar-refractivity contribution in [2.24, 2.45) is 0 Å². The van der Waals surface area contributed by atoms with E-state index in [1.165, 1.54) is 13.0 Å². The summed E-state index contributed by atoms with van der Waals surface area (Å²) in [6, 6.07) is 17.0. The van der Waals surface area contributed by atoms with Crippen molar-refractivity contribution in [2.45, 2.75) is 41.0 Å². The topological polar surface area (TPSA) is 112 Å². The lowest BCUT2D eigenvalue weighted by Gasteiger charge is -2.13. The van der Waals surface area contributed by atoms with Crippen molar-refractivity contribution in [2.75, 3.05) is 13.2 Å². The third kappa shape index (κ3) is 6.84. The number of aryl methyl sites for hydroxylation is 4. The van der Waals surface area contributed by atoms with Gasteiger partial charge in [-0.2, -0.15) is 0 Å². The third-order valence-electron chi connectivity index (χ3n) is 6.10. The van der Waals surface area contributed by atoms with E-state index in [9.17, 15) is 14.7 Å². The average Bonchev–Trinajstić information content (AvgIpc) is 2.86. The van der Waals surface area contributed by atoms with Crippen LogP contribution in [0, 0.1) is 27.7 Å². The molecule has 39 heavy (non-hydrogen) atoms. The number of hydrogen-bond acceptors (Lipinski definition) is 8. The number of ether oxygens (including phenoxy) is 2. The van der Waals surface area contributed by atoms with Gasteiger partial charge < -0.3 is 14.6 Å². The number of esters is 1. The quantitative estimate of drug-likeness (QED) is 0.168. The first-order chi connectivity index (χ1) is 18.6. The minimum absolute atomic E-state index is 0.0133. The fraction of sp³-hybridized carbons (Fsp3) is 0.258. The van der Waals surface area contributed by atoms with Gasteiger partial charge in [0.05, 0.1) is 5.56 Å². The number of Topliss-reactive ketones (excluding diaryl/α,β-unsaturated/α-hetero) is 1. The van der Waals surface area contributed by atoms with Crippen LogP contribution < -0.4 is 4.74 Å². The minimum Gasteiger partial charge on any atom is -0.507 e. The molecule has 1 aromatic heterocycles. The van der Waals surface area contributed by atoms with Crippen LogP contribution in [0.15, 0.2) is 54.6 Å². The Kier molecular flexibility index (Phi) is 8.34. The molecule has 0 aliphatic heterocycles. The number of phenolic OH excluding ortho intramolecular Hbond substituents is 1. The fourth-order valence-corrected chi connectivity index (χ4v) is 4.23. The minimum atomic E-state index is -0.599. The number of phenols is 1. The van der Waals surface area contributed by atoms with Gasteiger partial charge in [0.1, 0.15) is 36.9 Å². The second kappa shape index (κ2) is 11.9. The number of benzene rings is 3. The standard InChI is InChI=1S/C31H31N3O5/c1-18-6-9-24(20(3)14-18)29-32-30(25-10-7-19(2)15-21(25)4)34-31(33-29)26-11-8-23(17-27(26)36)38-12-13-39-28(37)16-22(5)35/h6-11,14-15,17,36H,12-13,16H2,1-5H3. The van der Waals surface area contributed by atoms with E-state index in [0.717, 1.165) is 33.4 Å². The van der Waals surface area contributed by atoms with Crippen LogP contribution in [0.2, 0.25) is 0 Å². The van der Waals surface area contributed by atoms with E-state index < -0.39 is 5.97 Å². The van der Waals surface area contributed by atoms with Gasteiger partial charge in [-0.25, -0.2) is 15.0 Å². The van der Waals surface area contributed by atoms with Crippen LogP contribution in [-0.2, 0) is 14.3 Å². The molecule has 0 spiro atoms. The maximum absolute atomic E-state index is 11.5. The first-order valence-corrected chi connectivity index (χ1v) is 12.6. The van der Waals surface area contributed by atoms with Crippen molar-refractivity contribution >= 4 is 11.8 Å². The molecule has 1 N–H and O–H groups in total. The van der Waals surface area contributed by atoms with Crippen molar-refractivity contribution in [3.05, 3.63) is 76.9 Å². The molecule has 8 heteroatoms. The predicted octanol–water partition coefficient (Wildman–Crippen LogP) is 5.71. The van der Waals surface area contributed by atoms with Gasteiger partial charge in [0, 0.05) is 17.2 Å². The molecule has 0 amide bonds. The summed E-state index contributed by atoms with van der Waals surface area (Å²) in [6.07, 6.45) is -0.268. The van der Waals surface area contributed by atoms with E-state index in [4.69, 9.17) is 24.4 Å². The average molecular weight is 526 g/mol. The predicted molar refractivity (Wildman–Crippen MR) is 148 cm³/mol. The third-order valence-corrected chi connectivity index (χ3v) is 6.10. The number of hydrogen-bond donors (Lipinski definition) is 1. The highest BCUT2D eigenvalue weighted by Gasteiger charge is 2.17. The lowest BCUT2D eigenvalue weighted by Crippen LogP contribution is -2.14. The summed E-state index contributed by atoms with van der Waals surface area (Å²) in [5.74, 6) is 0.818. The second-order valence-corrected chi connectivity index (χ2v) is 9.57. The SMILES string of the molecule is CC(=O)CC(=O)OCCOc1ccc(-c2nc(-c3ccc(C)cc3C)nc(-c3ccc(C)cc3C)n2)c(O)c1. The molecule has 8 nitrogen and oxygen atoms in total. The molecule has 0 bridgehead atoms. The molecule has 1 heterocycles. The van der Waals surface area contributed by atoms with Crippen molar-refractivity contribution in [3.8, 4) is 45.7 Å². The molecule has 0 unspecified atom stereocenters. The molecule has 0 fully saturated rings. The van der Waals surface area contributed by atoms with Crippen molar-refractivity contribution in [3.63, 3.8) is 0 Å². The summed E-state index contributed by atoms with van der Waals surface area (Å²) < 4.78 is 10.6. The Morgan fingerprint density at radius 1 is 0.718 bits per heavy atom. The summed E-state index contributed by atoms with van der Waals surface area (Å²) in [4.78, 5) is 36.8. The molecular weight excluding hydrogens is 494 g/mol. The summed E-state index contributed by atoms with van der Waals surface area (Å²) in [5.41, 5.74) is 6.55. The van der Waals surface area contributed by atoms with Gasteiger partial charge in [-0.15, -0.1) is 0 Å². The summed E-state index contributed by atoms with van der Waals surface area (Å²) >= 11 is 0. The van der Waals surface area contributed by atoms with Gasteiger partial charge in [-0.1, -0.05) is 47.5 Å². The molecular formula is C31H31N3O5. The van der Waals surface area contributed by atoms with E-state index in [1.54, 1.807) is 12.1 Å². The molecule has 200 valence electrons. The maximum Gasteiger partial charge on any atom is 0.313 e. The first-order valence-electron chi connectivity index (χ1n) is 12.6. The number of nitrogens with zero attached hydrogens (tertiary/aromatic N) is 3. The van der Waals surface area contributed by atoms with Crippen molar-refractivity contribution in [1.82, 2.24) is 15.0 Å². The van der Waals surface area contributed by atoms with Gasteiger partial charge in [0.15, 0.2) is 17.5 Å². The molecule has 0 saturated heterocycles. The fourth-order valence-electron chi connectivity index (χ4n) is 4.23. The number of ketones is 1. The molecule has 0 atom stereocenters. The Balaban J connectivity index is 1.66. The van der Waals surface area contributed by atoms with Crippen molar-refractivity contribution < 1.29 is 24.2 Å². The van der Waals surface area contributed by atoms with Crippen LogP contribution >= 0.6 is 0 Å². The Morgan fingerprint density at radius 3 is 1.72 bits per heavy atom. The van der Waals surface area contributed by atoms with Gasteiger partial charge >= 0.3 is 5.97 Å². The van der Waals surface area contributed by atoms with Crippen LogP contribution in [-0.4, -0.2) is 45.0 Å². The second-order valence-electron chi connectivity index (χ2n) is 9.57. The molecule has 0 aliphatic carbocycles. The lowest BCUT2D eigenvalue weighted by molar-refractivity contribution is -0.146. The highest BCUT2D eigenvalue weighted by atomic mass is 16.6. The van der Waals surface area contributed by atoms with E-state index in [1.807, 2.05) is 52.0 Å². The number of aromatic nitrogens is 3. The zero-order valence-electron chi connectivity index (χ0n) is 22.7. The monoisotopic (exact) mass is 525 g/mol. The van der Waals surface area contributed by atoms with Gasteiger partial charge in [-0.05, 0) is 57.9 Å². The summed E-state index contributed by atoms with van der Waals surface area (Å²) in [5, 5.41) is 10.9. The largest absolute Gasteiger partial charge is 0.507 e. The smallest absolute Gasteiger partial charge is 0.313 e. The van der Waals surface area contributed by atoms with E-state index >= 15 is 0 Å². The highest BCUT2D eigenvalue weighted by Crippen LogP contribution is 2.34. The normalized spacial score (nSPS) is 10.8. The number of rotatable bonds is 9. The van der Waals surface area contributed by atoms with Crippen LogP contribution in [0.5, 0.6) is 11.5 Å². The maximum atomic E-state index is 11.5. The van der Waals surface area contributed by atoms with Crippen LogP contribution in [0.4, 0.5) is 0 Å². The number of carbonyl (C=O) groups excluding carboxylic acids is 2. The van der Waals surface area contributed by atoms with Crippen LogP contribution in [0.3, 0.4) is 0 Å². The zero-order chi connectivity index (χ0) is 28.1. The molecule has 4 rings (SSSR count). The first kappa shape index (κ1) is 27.4. The Labute approximate surface area is 227 Å². The number of carbonyl (C=O) groups is 2. The molecule has 0 saturated carbocycles. The van der Waals surface area contributed by atoms with E-state index in [-0.39, 0.29) is 31.2 Å². The highest BCUT2D eigenvalue weighted by molar-refractivity contribution is 5.94. The van der Waals surface area contributed by atoms with Gasteiger partial charge in [0.2, 0.25) is 0 Å². The summed E-state index contributed by atoms with van der Waals surface area (Å²) in [7, 11) is 0. The van der Waals surface area contributed by atoms with E-state index in [0.29, 0.717) is 28.8 Å². The van der Waals surface area contributed by atoms with Gasteiger partial charge in [0.25, 0.3) is 0 Å². The molecule has 4 aromatic rings. The Morgan fingerprint density at radius 2 is 1.23 bits per heavy atom. The van der Waals surface area contributed by atoms with Gasteiger partial charge in [-0.3, -0.25) is 9.59 Å². The molecule has 3 aromatic carbocycles. The zero-order valence-corrected chi connectivity index (χ0v) is 22.7. The molecule has 0 radical (unpaired) electrons. The van der Waals surface area contributed by atoms with Crippen LogP contribution in [0.25, 0.3) is 34.2 Å². The number of aromatic hydroxyl groups is 1. The Bertz CT molecular complexity index is 1480. The molecule has 0 aliphatic rings. The van der Waals surface area contributed by atoms with E-state index in [2.05, 4.69) is 12.1 Å². The van der Waals surface area contributed by atoms with Crippen molar-refractivity contribution in [1.29, 1.82) is 0 Å². The van der Waals surface area contributed by atoms with Crippen LogP contribution in [0.1, 0.15) is 35.6 Å².